The van der Waals surface area contributed by atoms with Gasteiger partial charge in [0, 0.05) is 29.6 Å². The molecule has 1 aliphatic rings. The van der Waals surface area contributed by atoms with Gasteiger partial charge in [-0.2, -0.15) is 5.12 Å². The van der Waals surface area contributed by atoms with Gasteiger partial charge in [-0.3, -0.25) is 14.2 Å². The van der Waals surface area contributed by atoms with E-state index in [9.17, 15) is 18.9 Å². The first-order valence-corrected chi connectivity index (χ1v) is 11.3. The van der Waals surface area contributed by atoms with Crippen molar-refractivity contribution in [3.05, 3.63) is 70.9 Å². The van der Waals surface area contributed by atoms with Gasteiger partial charge in [-0.1, -0.05) is 46.4 Å². The largest absolute Gasteiger partial charge is 0.351 e. The van der Waals surface area contributed by atoms with Crippen LogP contribution in [0.2, 0.25) is 5.02 Å². The summed E-state index contributed by atoms with van der Waals surface area (Å²) in [6, 6.07) is 11.1. The van der Waals surface area contributed by atoms with Crippen molar-refractivity contribution >= 4 is 40.3 Å². The lowest BCUT2D eigenvalue weighted by Gasteiger charge is -2.25. The summed E-state index contributed by atoms with van der Waals surface area (Å²) in [5, 5.41) is 0.944. The number of hydrogen-bond acceptors (Lipinski definition) is 4. The summed E-state index contributed by atoms with van der Waals surface area (Å²) in [4.78, 5) is 39.1. The number of carbonyl (C=O) groups excluding carboxylic acids is 3. The number of benzene rings is 2. The lowest BCUT2D eigenvalue weighted by Crippen LogP contribution is -2.46. The number of fused-ring (bicyclic) bond motifs is 1. The van der Waals surface area contributed by atoms with Gasteiger partial charge in [0.15, 0.2) is 0 Å². The average molecular weight is 504 g/mol. The Kier molecular flexibility index (Phi) is 6.77. The zero-order valence-corrected chi connectivity index (χ0v) is 19.4. The van der Waals surface area contributed by atoms with E-state index in [1.165, 1.54) is 16.8 Å². The molecule has 0 bridgehead atoms. The fourth-order valence-corrected chi connectivity index (χ4v) is 4.65. The molecule has 1 saturated heterocycles. The minimum atomic E-state index is -2.03. The molecule has 0 spiro atoms. The second-order valence-corrected chi connectivity index (χ2v) is 9.08. The molecule has 1 aromatic heterocycles. The fraction of sp³-hybridized carbons (Fsp3) is 0.292. The van der Waals surface area contributed by atoms with Crippen molar-refractivity contribution < 1.29 is 23.3 Å². The Hall–Kier alpha value is -3.50. The maximum absolute atomic E-state index is 15.2. The number of amides is 3. The van der Waals surface area contributed by atoms with Crippen LogP contribution in [-0.2, 0) is 22.6 Å². The van der Waals surface area contributed by atoms with Gasteiger partial charge < -0.3 is 16.4 Å². The van der Waals surface area contributed by atoms with Crippen LogP contribution in [0.15, 0.2) is 54.7 Å². The number of primary amides is 1. The number of nitrogens with two attached hydrogens (primary N) is 2. The standard InChI is InChI=1S/C24H24ClF2N5O3/c25-17-5-3-4-15(8-17)11-32(27)22(34)20-10-24(26,13-28)14-31(20)21(33)9-16-12-30(23(29)35)19-7-2-1-6-18(16)19/h1-8,12,20H,9-11,13-14,28H2,(H2,29,35)/t20-,24-/m0/s1. The third-order valence-electron chi connectivity index (χ3n) is 6.18. The van der Waals surface area contributed by atoms with Crippen molar-refractivity contribution in [1.82, 2.24) is 14.6 Å². The summed E-state index contributed by atoms with van der Waals surface area (Å²) in [7, 11) is 0. The summed E-state index contributed by atoms with van der Waals surface area (Å²) in [6.45, 7) is -1.29. The number of hydrogen-bond donors (Lipinski definition) is 2. The molecule has 2 aromatic carbocycles. The van der Waals surface area contributed by atoms with Crippen LogP contribution in [0.4, 0.5) is 13.7 Å². The predicted molar refractivity (Wildman–Crippen MR) is 127 cm³/mol. The molecule has 4 rings (SSSR count). The Labute approximate surface area is 204 Å². The molecule has 1 aliphatic heterocycles. The highest BCUT2D eigenvalue weighted by Gasteiger charge is 2.49. The minimum Gasteiger partial charge on any atom is -0.351 e. The zero-order chi connectivity index (χ0) is 25.3. The van der Waals surface area contributed by atoms with E-state index in [0.717, 1.165) is 4.90 Å². The van der Waals surface area contributed by atoms with E-state index in [1.54, 1.807) is 42.5 Å². The lowest BCUT2D eigenvalue weighted by atomic mass is 10.0. The minimum absolute atomic E-state index is 0.0438. The smallest absolute Gasteiger partial charge is 0.323 e. The number of rotatable bonds is 6. The third-order valence-corrected chi connectivity index (χ3v) is 6.42. The summed E-state index contributed by atoms with van der Waals surface area (Å²) >= 11 is 5.92. The number of carbonyl (C=O) groups is 3. The van der Waals surface area contributed by atoms with Crippen LogP contribution in [0, 0.1) is 0 Å². The molecule has 1 fully saturated rings. The first-order chi connectivity index (χ1) is 16.6. The van der Waals surface area contributed by atoms with Crippen molar-refractivity contribution in [2.75, 3.05) is 13.1 Å². The van der Waals surface area contributed by atoms with E-state index in [2.05, 4.69) is 0 Å². The van der Waals surface area contributed by atoms with E-state index in [4.69, 9.17) is 23.1 Å². The maximum Gasteiger partial charge on any atom is 0.323 e. The van der Waals surface area contributed by atoms with Gasteiger partial charge in [0.25, 0.3) is 5.91 Å². The lowest BCUT2D eigenvalue weighted by molar-refractivity contribution is -0.156. The molecule has 3 aromatic rings. The van der Waals surface area contributed by atoms with Gasteiger partial charge in [-0.05, 0) is 29.3 Å². The number of alkyl halides is 1. The Morgan fingerprint density at radius 1 is 1.17 bits per heavy atom. The molecule has 8 nitrogen and oxygen atoms in total. The fourth-order valence-electron chi connectivity index (χ4n) is 4.44. The molecule has 4 N–H and O–H groups in total. The molecule has 0 radical (unpaired) electrons. The second-order valence-electron chi connectivity index (χ2n) is 8.64. The SMILES string of the molecule is NC[C@@]1(F)C[C@@H](C(=O)N(F)Cc2cccc(Cl)c2)N(C(=O)Cc2cn(C(N)=O)c3ccccc23)C1. The molecule has 0 saturated carbocycles. The predicted octanol–water partition coefficient (Wildman–Crippen LogP) is 2.95. The monoisotopic (exact) mass is 503 g/mol. The molecule has 11 heteroatoms. The van der Waals surface area contributed by atoms with E-state index >= 15 is 4.39 Å². The number of aromatic nitrogens is 1. The van der Waals surface area contributed by atoms with Crippen molar-refractivity contribution in [3.8, 4) is 0 Å². The van der Waals surface area contributed by atoms with Gasteiger partial charge in [-0.25, -0.2) is 9.18 Å². The van der Waals surface area contributed by atoms with Gasteiger partial charge in [0.2, 0.25) is 5.91 Å². The van der Waals surface area contributed by atoms with Crippen LogP contribution < -0.4 is 11.5 Å². The number of nitrogens with zero attached hydrogens (tertiary/aromatic N) is 3. The van der Waals surface area contributed by atoms with Gasteiger partial charge >= 0.3 is 6.03 Å². The molecule has 0 aliphatic carbocycles. The second kappa shape index (κ2) is 9.63. The Balaban J connectivity index is 1.58. The summed E-state index contributed by atoms with van der Waals surface area (Å²) in [6.07, 6.45) is 0.767. The Bertz CT molecular complexity index is 1300. The molecular weight excluding hydrogens is 480 g/mol. The highest BCUT2D eigenvalue weighted by Crippen LogP contribution is 2.33. The van der Waals surface area contributed by atoms with Crippen LogP contribution >= 0.6 is 11.6 Å². The van der Waals surface area contributed by atoms with Gasteiger partial charge in [0.05, 0.1) is 25.0 Å². The van der Waals surface area contributed by atoms with Crippen LogP contribution in [-0.4, -0.2) is 57.2 Å². The van der Waals surface area contributed by atoms with Crippen molar-refractivity contribution in [2.24, 2.45) is 11.5 Å². The van der Waals surface area contributed by atoms with Crippen molar-refractivity contribution in [3.63, 3.8) is 0 Å². The first kappa shape index (κ1) is 24.6. The molecule has 3 amide bonds. The summed E-state index contributed by atoms with van der Waals surface area (Å²) in [5.41, 5.74) is 10.4. The summed E-state index contributed by atoms with van der Waals surface area (Å²) < 4.78 is 31.3. The van der Waals surface area contributed by atoms with E-state index in [0.29, 0.717) is 27.1 Å². The molecule has 184 valence electrons. The Morgan fingerprint density at radius 2 is 1.91 bits per heavy atom. The van der Waals surface area contributed by atoms with Crippen LogP contribution in [0.5, 0.6) is 0 Å². The molecule has 0 unspecified atom stereocenters. The normalized spacial score (nSPS) is 19.8. The van der Waals surface area contributed by atoms with Crippen molar-refractivity contribution in [2.45, 2.75) is 31.1 Å². The van der Waals surface area contributed by atoms with E-state index < -0.39 is 55.6 Å². The van der Waals surface area contributed by atoms with Crippen molar-refractivity contribution in [1.29, 1.82) is 0 Å². The van der Waals surface area contributed by atoms with E-state index in [-0.39, 0.29) is 11.5 Å². The molecular formula is C24H24ClF2N5O3. The number of para-hydroxylation sites is 1. The highest BCUT2D eigenvalue weighted by molar-refractivity contribution is 6.30. The number of likely N-dealkylation sites (tertiary alicyclic amines) is 1. The van der Waals surface area contributed by atoms with E-state index in [1.807, 2.05) is 0 Å². The maximum atomic E-state index is 15.2. The quantitative estimate of drug-likeness (QED) is 0.503. The average Bonchev–Trinajstić information content (AvgIpc) is 3.37. The van der Waals surface area contributed by atoms with Gasteiger partial charge in [0.1, 0.15) is 11.7 Å². The molecule has 2 atom stereocenters. The zero-order valence-electron chi connectivity index (χ0n) is 18.7. The molecule has 35 heavy (non-hydrogen) atoms. The highest BCUT2D eigenvalue weighted by atomic mass is 35.5. The number of halogens is 3. The van der Waals surface area contributed by atoms with Gasteiger partial charge in [-0.15, -0.1) is 0 Å². The summed E-state index contributed by atoms with van der Waals surface area (Å²) in [5.74, 6) is -1.65. The topological polar surface area (TPSA) is 115 Å². The Morgan fingerprint density at radius 3 is 2.60 bits per heavy atom. The molecule has 2 heterocycles. The van der Waals surface area contributed by atoms with Crippen LogP contribution in [0.3, 0.4) is 0 Å². The van der Waals surface area contributed by atoms with Crippen LogP contribution in [0.1, 0.15) is 17.5 Å². The van der Waals surface area contributed by atoms with Crippen LogP contribution in [0.25, 0.3) is 10.9 Å². The third kappa shape index (κ3) is 4.98. The first-order valence-electron chi connectivity index (χ1n) is 10.9.